The number of carbonyl (C=O) groups is 1. The Bertz CT molecular complexity index is 1650. The molecule has 0 saturated heterocycles. The molecule has 3 heterocycles. The highest BCUT2D eigenvalue weighted by Crippen LogP contribution is 2.35. The summed E-state index contributed by atoms with van der Waals surface area (Å²) in [6, 6.07) is 8.37. The third-order valence-corrected chi connectivity index (χ3v) is 6.57. The van der Waals surface area contributed by atoms with Crippen molar-refractivity contribution in [3.05, 3.63) is 82.2 Å². The Morgan fingerprint density at radius 1 is 1.15 bits per heavy atom. The summed E-state index contributed by atoms with van der Waals surface area (Å²) >= 11 is 0. The first-order chi connectivity index (χ1) is 18.9. The number of hydrogen-bond donors (Lipinski definition) is 1. The first-order valence-electron chi connectivity index (χ1n) is 12.9. The molecule has 4 aromatic rings. The summed E-state index contributed by atoms with van der Waals surface area (Å²) in [7, 11) is 0. The fourth-order valence-electron chi connectivity index (χ4n) is 4.75. The molecule has 10 heteroatoms. The molecule has 1 aliphatic heterocycles. The van der Waals surface area contributed by atoms with Gasteiger partial charge in [0.1, 0.15) is 24.5 Å². The monoisotopic (exact) mass is 528 g/mol. The maximum atomic E-state index is 15.5. The molecule has 5 rings (SSSR count). The molecule has 1 aliphatic rings. The van der Waals surface area contributed by atoms with Gasteiger partial charge in [-0.25, -0.2) is 19.0 Å². The molecule has 0 spiro atoms. The fraction of sp³-hybridized carbons (Fsp3) is 0.276. The molecule has 0 atom stereocenters. The molecular weight excluding hydrogens is 499 g/mol. The average molecular weight is 529 g/mol. The Morgan fingerprint density at radius 3 is 2.67 bits per heavy atom. The molecule has 200 valence electrons. The molecule has 2 aromatic carbocycles. The van der Waals surface area contributed by atoms with E-state index in [0.29, 0.717) is 52.1 Å². The molecule has 2 N–H and O–H groups in total. The van der Waals surface area contributed by atoms with Gasteiger partial charge in [0, 0.05) is 36.0 Å². The molecule has 9 nitrogen and oxygen atoms in total. The van der Waals surface area contributed by atoms with E-state index < -0.39 is 5.82 Å². The summed E-state index contributed by atoms with van der Waals surface area (Å²) in [6.07, 6.45) is 7.89. The Morgan fingerprint density at radius 2 is 1.95 bits per heavy atom. The van der Waals surface area contributed by atoms with Gasteiger partial charge in [-0.15, -0.1) is 0 Å². The van der Waals surface area contributed by atoms with Crippen LogP contribution >= 0.6 is 0 Å². The third-order valence-electron chi connectivity index (χ3n) is 6.57. The van der Waals surface area contributed by atoms with Gasteiger partial charge in [-0.2, -0.15) is 5.10 Å². The van der Waals surface area contributed by atoms with Gasteiger partial charge in [0.2, 0.25) is 11.8 Å². The van der Waals surface area contributed by atoms with Gasteiger partial charge in [0.15, 0.2) is 0 Å². The van der Waals surface area contributed by atoms with E-state index in [1.54, 1.807) is 41.4 Å². The number of carbonyl (C=O) groups excluding carboxylic acids is 1. The van der Waals surface area contributed by atoms with Gasteiger partial charge in [-0.05, 0) is 54.3 Å². The Kier molecular flexibility index (Phi) is 7.36. The number of nitrogens with zero attached hydrogens (tertiary/aromatic N) is 5. The lowest BCUT2D eigenvalue weighted by atomic mass is 9.98. The van der Waals surface area contributed by atoms with Crippen LogP contribution in [-0.4, -0.2) is 44.5 Å². The van der Waals surface area contributed by atoms with Crippen molar-refractivity contribution in [2.24, 2.45) is 10.7 Å². The first-order valence-corrected chi connectivity index (χ1v) is 12.9. The quantitative estimate of drug-likeness (QED) is 0.355. The average Bonchev–Trinajstić information content (AvgIpc) is 3.37. The van der Waals surface area contributed by atoms with Crippen molar-refractivity contribution >= 4 is 34.3 Å². The normalized spacial score (nSPS) is 13.0. The summed E-state index contributed by atoms with van der Waals surface area (Å²) in [4.78, 5) is 36.4. The van der Waals surface area contributed by atoms with Crippen molar-refractivity contribution in [2.75, 3.05) is 13.1 Å². The lowest BCUT2D eigenvalue weighted by Gasteiger charge is -2.22. The largest absolute Gasteiger partial charge is 0.447 e. The van der Waals surface area contributed by atoms with Crippen molar-refractivity contribution in [2.45, 2.75) is 39.7 Å². The molecule has 39 heavy (non-hydrogen) atoms. The zero-order valence-corrected chi connectivity index (χ0v) is 21.9. The number of hydrogen-bond acceptors (Lipinski definition) is 7. The van der Waals surface area contributed by atoms with Gasteiger partial charge < -0.3 is 15.1 Å². The second-order valence-electron chi connectivity index (χ2n) is 9.47. The van der Waals surface area contributed by atoms with E-state index in [-0.39, 0.29) is 35.8 Å². The van der Waals surface area contributed by atoms with Crippen LogP contribution in [0.15, 0.2) is 68.8 Å². The van der Waals surface area contributed by atoms with Crippen LogP contribution in [0.25, 0.3) is 28.0 Å². The zero-order valence-electron chi connectivity index (χ0n) is 21.9. The second-order valence-corrected chi connectivity index (χ2v) is 9.47. The summed E-state index contributed by atoms with van der Waals surface area (Å²) < 4.78 is 22.0. The van der Waals surface area contributed by atoms with Crippen molar-refractivity contribution in [1.29, 1.82) is 0 Å². The predicted molar refractivity (Wildman–Crippen MR) is 148 cm³/mol. The van der Waals surface area contributed by atoms with Gasteiger partial charge in [-0.3, -0.25) is 9.59 Å². The van der Waals surface area contributed by atoms with Crippen molar-refractivity contribution in [3.8, 4) is 11.1 Å². The maximum Gasteiger partial charge on any atom is 0.275 e. The lowest BCUT2D eigenvalue weighted by Crippen LogP contribution is -2.34. The molecule has 0 saturated carbocycles. The summed E-state index contributed by atoms with van der Waals surface area (Å²) in [5.41, 5.74) is 8.14. The first kappa shape index (κ1) is 26.0. The van der Waals surface area contributed by atoms with E-state index >= 15 is 4.39 Å². The van der Waals surface area contributed by atoms with E-state index in [9.17, 15) is 9.59 Å². The molecule has 0 bridgehead atoms. The van der Waals surface area contributed by atoms with Crippen molar-refractivity contribution < 1.29 is 13.6 Å². The molecule has 0 unspecified atom stereocenters. The van der Waals surface area contributed by atoms with Crippen LogP contribution in [-0.2, 0) is 11.3 Å². The van der Waals surface area contributed by atoms with Crippen LogP contribution in [0.4, 0.5) is 10.1 Å². The highest BCUT2D eigenvalue weighted by Gasteiger charge is 2.23. The van der Waals surface area contributed by atoms with E-state index in [1.807, 2.05) is 13.8 Å². The number of aromatic nitrogens is 3. The maximum absolute atomic E-state index is 15.5. The Balaban J connectivity index is 1.50. The number of halogens is 1. The molecule has 0 aliphatic carbocycles. The number of rotatable bonds is 8. The Hall–Kier alpha value is -4.60. The SMILES string of the molecule is CCCN(CCC)C(=O)C1=Cc2c(F)cc(-c3ccc4c(=O)n(Cc5ncco5)ncc4c3)cc2N=C(N)C1. The zero-order chi connectivity index (χ0) is 27.5. The van der Waals surface area contributed by atoms with E-state index in [2.05, 4.69) is 15.1 Å². The summed E-state index contributed by atoms with van der Waals surface area (Å²) in [6.45, 7) is 5.39. The van der Waals surface area contributed by atoms with Crippen molar-refractivity contribution in [3.63, 3.8) is 0 Å². The molecule has 2 aromatic heterocycles. The van der Waals surface area contributed by atoms with Gasteiger partial charge >= 0.3 is 0 Å². The van der Waals surface area contributed by atoms with E-state index in [0.717, 1.165) is 12.8 Å². The van der Waals surface area contributed by atoms with Crippen LogP contribution < -0.4 is 11.3 Å². The molecular formula is C29H29FN6O3. The minimum absolute atomic E-state index is 0.117. The fourth-order valence-corrected chi connectivity index (χ4v) is 4.75. The number of amides is 1. The number of nitrogens with two attached hydrogens (primary N) is 1. The molecule has 1 amide bonds. The second kappa shape index (κ2) is 11.0. The van der Waals surface area contributed by atoms with Crippen LogP contribution in [0.2, 0.25) is 0 Å². The topological polar surface area (TPSA) is 120 Å². The molecule has 0 radical (unpaired) electrons. The molecule has 0 fully saturated rings. The number of benzene rings is 2. The van der Waals surface area contributed by atoms with Crippen LogP contribution in [0.5, 0.6) is 0 Å². The summed E-state index contributed by atoms with van der Waals surface area (Å²) in [5, 5.41) is 5.32. The van der Waals surface area contributed by atoms with Crippen LogP contribution in [0.3, 0.4) is 0 Å². The number of amidine groups is 1. The number of fused-ring (bicyclic) bond motifs is 2. The minimum atomic E-state index is -0.511. The van der Waals surface area contributed by atoms with Crippen LogP contribution in [0, 0.1) is 5.82 Å². The lowest BCUT2D eigenvalue weighted by molar-refractivity contribution is -0.127. The number of oxazole rings is 1. The highest BCUT2D eigenvalue weighted by atomic mass is 19.1. The Labute approximate surface area is 224 Å². The van der Waals surface area contributed by atoms with Gasteiger partial charge in [0.05, 0.1) is 23.5 Å². The highest BCUT2D eigenvalue weighted by molar-refractivity contribution is 6.05. The van der Waals surface area contributed by atoms with E-state index in [1.165, 1.54) is 23.2 Å². The number of aliphatic imine (C=N–C) groups is 1. The van der Waals surface area contributed by atoms with Gasteiger partial charge in [0.25, 0.3) is 5.56 Å². The summed E-state index contributed by atoms with van der Waals surface area (Å²) in [5.74, 6) is -0.0394. The van der Waals surface area contributed by atoms with E-state index in [4.69, 9.17) is 10.2 Å². The van der Waals surface area contributed by atoms with Crippen molar-refractivity contribution in [1.82, 2.24) is 19.7 Å². The third kappa shape index (κ3) is 5.36. The smallest absolute Gasteiger partial charge is 0.275 e. The minimum Gasteiger partial charge on any atom is -0.447 e. The standard InChI is InChI=1S/C29H29FN6O3/c1-3-8-35(9-4-2)28(37)20-12-23-24(30)13-19(14-25(23)34-26(31)15-20)18-5-6-22-21(11-18)16-33-36(29(22)38)17-27-32-7-10-39-27/h5-7,10-14,16H,3-4,8-9,15,17H2,1-2H3,(H2,31,34). The van der Waals surface area contributed by atoms with Gasteiger partial charge in [-0.1, -0.05) is 19.9 Å². The van der Waals surface area contributed by atoms with Crippen LogP contribution in [0.1, 0.15) is 44.6 Å². The predicted octanol–water partition coefficient (Wildman–Crippen LogP) is 4.66.